The largest absolute Gasteiger partial charge is 0.489 e. The van der Waals surface area contributed by atoms with Gasteiger partial charge in [0.25, 0.3) is 5.91 Å². The monoisotopic (exact) mass is 357 g/mol. The fourth-order valence-electron chi connectivity index (χ4n) is 3.90. The number of hydrogen-bond donors (Lipinski definition) is 2. The van der Waals surface area contributed by atoms with Crippen molar-refractivity contribution in [2.45, 2.75) is 50.8 Å². The number of nitrogens with one attached hydrogen (secondary N) is 2. The highest BCUT2D eigenvalue weighted by Crippen LogP contribution is 2.30. The smallest absolute Gasteiger partial charge is 0.255 e. The van der Waals surface area contributed by atoms with E-state index in [2.05, 4.69) is 10.6 Å². The van der Waals surface area contributed by atoms with Crippen molar-refractivity contribution in [2.75, 3.05) is 13.1 Å². The van der Waals surface area contributed by atoms with E-state index in [1.165, 1.54) is 6.42 Å². The summed E-state index contributed by atoms with van der Waals surface area (Å²) in [6, 6.07) is 4.94. The van der Waals surface area contributed by atoms with Crippen molar-refractivity contribution < 1.29 is 19.1 Å². The maximum atomic E-state index is 12.7. The van der Waals surface area contributed by atoms with Crippen LogP contribution in [0.4, 0.5) is 0 Å². The summed E-state index contributed by atoms with van der Waals surface area (Å²) < 4.78 is 6.10. The molecule has 2 unspecified atom stereocenters. The summed E-state index contributed by atoms with van der Waals surface area (Å²) in [7, 11) is 0. The quantitative estimate of drug-likeness (QED) is 0.787. The van der Waals surface area contributed by atoms with Gasteiger partial charge in [-0.1, -0.05) is 0 Å². The summed E-state index contributed by atoms with van der Waals surface area (Å²) in [5.74, 6) is -0.0564. The molecule has 4 rings (SSSR count). The van der Waals surface area contributed by atoms with Gasteiger partial charge in [0.15, 0.2) is 0 Å². The van der Waals surface area contributed by atoms with Crippen LogP contribution in [0.2, 0.25) is 0 Å². The maximum absolute atomic E-state index is 12.7. The van der Waals surface area contributed by atoms with Gasteiger partial charge < -0.3 is 15.0 Å². The van der Waals surface area contributed by atoms with Crippen LogP contribution in [0.15, 0.2) is 18.2 Å². The van der Waals surface area contributed by atoms with Crippen LogP contribution < -0.4 is 15.4 Å². The van der Waals surface area contributed by atoms with E-state index < -0.39 is 6.04 Å². The first-order valence-electron chi connectivity index (χ1n) is 9.27. The van der Waals surface area contributed by atoms with Gasteiger partial charge in [-0.05, 0) is 56.0 Å². The third-order valence-corrected chi connectivity index (χ3v) is 5.30. The molecule has 2 fully saturated rings. The number of ether oxygens (including phenoxy) is 1. The van der Waals surface area contributed by atoms with Crippen molar-refractivity contribution in [3.05, 3.63) is 29.3 Å². The number of imide groups is 1. The molecule has 7 nitrogen and oxygen atoms in total. The highest BCUT2D eigenvalue weighted by atomic mass is 16.5. The Kier molecular flexibility index (Phi) is 4.63. The van der Waals surface area contributed by atoms with Crippen LogP contribution in [0.1, 0.15) is 48.0 Å². The first kappa shape index (κ1) is 17.0. The Morgan fingerprint density at radius 3 is 2.85 bits per heavy atom. The SMILES string of the molecule is O=C1CCC(N2Cc3cc(OC4CCCCNC4)ccc3C2=O)C(=O)N1. The first-order valence-corrected chi connectivity index (χ1v) is 9.27. The van der Waals surface area contributed by atoms with Crippen LogP contribution in [-0.4, -0.2) is 47.9 Å². The van der Waals surface area contributed by atoms with Crippen molar-refractivity contribution >= 4 is 17.7 Å². The molecule has 138 valence electrons. The minimum absolute atomic E-state index is 0.138. The second-order valence-corrected chi connectivity index (χ2v) is 7.16. The molecule has 2 atom stereocenters. The molecule has 3 aliphatic heterocycles. The molecule has 2 saturated heterocycles. The van der Waals surface area contributed by atoms with Gasteiger partial charge in [-0.15, -0.1) is 0 Å². The van der Waals surface area contributed by atoms with E-state index in [0.29, 0.717) is 18.5 Å². The van der Waals surface area contributed by atoms with Crippen LogP contribution in [0.5, 0.6) is 5.75 Å². The fourth-order valence-corrected chi connectivity index (χ4v) is 3.90. The molecule has 3 amide bonds. The lowest BCUT2D eigenvalue weighted by atomic mass is 10.0. The molecule has 0 spiro atoms. The third kappa shape index (κ3) is 3.31. The normalized spacial score (nSPS) is 26.3. The molecular formula is C19H23N3O4. The Balaban J connectivity index is 1.47. The van der Waals surface area contributed by atoms with Gasteiger partial charge in [-0.25, -0.2) is 0 Å². The van der Waals surface area contributed by atoms with Gasteiger partial charge in [0.05, 0.1) is 0 Å². The van der Waals surface area contributed by atoms with Crippen LogP contribution in [0.25, 0.3) is 0 Å². The van der Waals surface area contributed by atoms with Crippen molar-refractivity contribution in [2.24, 2.45) is 0 Å². The Bertz CT molecular complexity index is 740. The van der Waals surface area contributed by atoms with E-state index in [0.717, 1.165) is 37.2 Å². The third-order valence-electron chi connectivity index (χ3n) is 5.30. The lowest BCUT2D eigenvalue weighted by molar-refractivity contribution is -0.136. The van der Waals surface area contributed by atoms with Crippen molar-refractivity contribution in [3.8, 4) is 5.75 Å². The highest BCUT2D eigenvalue weighted by molar-refractivity contribution is 6.05. The number of amides is 3. The highest BCUT2D eigenvalue weighted by Gasteiger charge is 2.39. The Labute approximate surface area is 152 Å². The number of nitrogens with zero attached hydrogens (tertiary/aromatic N) is 1. The van der Waals surface area contributed by atoms with Crippen LogP contribution in [0.3, 0.4) is 0 Å². The van der Waals surface area contributed by atoms with E-state index in [9.17, 15) is 14.4 Å². The molecular weight excluding hydrogens is 334 g/mol. The van der Waals surface area contributed by atoms with Crippen LogP contribution >= 0.6 is 0 Å². The van der Waals surface area contributed by atoms with Crippen LogP contribution in [0, 0.1) is 0 Å². The number of fused-ring (bicyclic) bond motifs is 1. The number of carbonyl (C=O) groups excluding carboxylic acids is 3. The summed E-state index contributed by atoms with van der Waals surface area (Å²) in [6.07, 6.45) is 4.11. The van der Waals surface area contributed by atoms with Crippen LogP contribution in [-0.2, 0) is 16.1 Å². The van der Waals surface area contributed by atoms with Gasteiger partial charge in [0.2, 0.25) is 11.8 Å². The van der Waals surface area contributed by atoms with Gasteiger partial charge >= 0.3 is 0 Å². The van der Waals surface area contributed by atoms with E-state index in [4.69, 9.17) is 4.74 Å². The average Bonchev–Trinajstić information content (AvgIpc) is 2.78. The topological polar surface area (TPSA) is 87.7 Å². The first-order chi connectivity index (χ1) is 12.6. The Morgan fingerprint density at radius 2 is 2.00 bits per heavy atom. The second kappa shape index (κ2) is 7.07. The molecule has 0 radical (unpaired) electrons. The fraction of sp³-hybridized carbons (Fsp3) is 0.526. The van der Waals surface area contributed by atoms with E-state index in [1.807, 2.05) is 12.1 Å². The summed E-state index contributed by atoms with van der Waals surface area (Å²) in [5, 5.41) is 5.70. The number of piperidine rings is 1. The molecule has 1 aromatic carbocycles. The molecule has 1 aromatic rings. The summed E-state index contributed by atoms with van der Waals surface area (Å²) in [4.78, 5) is 37.7. The zero-order valence-corrected chi connectivity index (χ0v) is 14.6. The zero-order valence-electron chi connectivity index (χ0n) is 14.6. The molecule has 7 heteroatoms. The molecule has 0 aromatic heterocycles. The minimum atomic E-state index is -0.581. The Morgan fingerprint density at radius 1 is 1.12 bits per heavy atom. The predicted molar refractivity (Wildman–Crippen MR) is 93.6 cm³/mol. The number of rotatable bonds is 3. The van der Waals surface area contributed by atoms with Gasteiger partial charge in [-0.3, -0.25) is 19.7 Å². The lowest BCUT2D eigenvalue weighted by Gasteiger charge is -2.29. The minimum Gasteiger partial charge on any atom is -0.489 e. The molecule has 0 aliphatic carbocycles. The average molecular weight is 357 g/mol. The molecule has 0 bridgehead atoms. The van der Waals surface area contributed by atoms with E-state index in [-0.39, 0.29) is 30.2 Å². The summed E-state index contributed by atoms with van der Waals surface area (Å²) in [6.45, 7) is 2.23. The van der Waals surface area contributed by atoms with Crippen molar-refractivity contribution in [1.29, 1.82) is 0 Å². The number of hydrogen-bond acceptors (Lipinski definition) is 5. The molecule has 0 saturated carbocycles. The van der Waals surface area contributed by atoms with Gasteiger partial charge in [0, 0.05) is 25.1 Å². The van der Waals surface area contributed by atoms with Crippen molar-refractivity contribution in [3.63, 3.8) is 0 Å². The summed E-state index contributed by atoms with van der Waals surface area (Å²) >= 11 is 0. The predicted octanol–water partition coefficient (Wildman–Crippen LogP) is 0.968. The number of carbonyl (C=O) groups is 3. The number of benzene rings is 1. The summed E-state index contributed by atoms with van der Waals surface area (Å²) in [5.41, 5.74) is 1.49. The molecule has 2 N–H and O–H groups in total. The van der Waals surface area contributed by atoms with Gasteiger partial charge in [0.1, 0.15) is 17.9 Å². The molecule has 26 heavy (non-hydrogen) atoms. The van der Waals surface area contributed by atoms with E-state index in [1.54, 1.807) is 11.0 Å². The second-order valence-electron chi connectivity index (χ2n) is 7.16. The standard InChI is InChI=1S/C19H23N3O4/c23-17-7-6-16(18(24)21-17)22-11-12-9-13(4-5-15(12)19(22)25)26-14-3-1-2-8-20-10-14/h4-5,9,14,16,20H,1-3,6-8,10-11H2,(H,21,23,24). The molecule has 3 aliphatic rings. The molecule has 3 heterocycles. The van der Waals surface area contributed by atoms with Crippen molar-refractivity contribution in [1.82, 2.24) is 15.5 Å². The maximum Gasteiger partial charge on any atom is 0.255 e. The van der Waals surface area contributed by atoms with E-state index >= 15 is 0 Å². The van der Waals surface area contributed by atoms with Gasteiger partial charge in [-0.2, -0.15) is 0 Å². The Hall–Kier alpha value is -2.41. The zero-order chi connectivity index (χ0) is 18.1. The lowest BCUT2D eigenvalue weighted by Crippen LogP contribution is -2.52.